The smallest absolute Gasteiger partial charge is 0.387 e. The van der Waals surface area contributed by atoms with Crippen molar-refractivity contribution in [3.8, 4) is 5.75 Å². The summed E-state index contributed by atoms with van der Waals surface area (Å²) in [6.45, 7) is 3.53. The number of guanidine groups is 1. The lowest BCUT2D eigenvalue weighted by molar-refractivity contribution is -0.0504. The first-order chi connectivity index (χ1) is 15.0. The second kappa shape index (κ2) is 13.6. The molecular formula is C24H33F2IN4O. The molecule has 0 aromatic heterocycles. The summed E-state index contributed by atoms with van der Waals surface area (Å²) in [7, 11) is 1.71. The average Bonchev–Trinajstić information content (AvgIpc) is 3.22. The van der Waals surface area contributed by atoms with Gasteiger partial charge in [0.1, 0.15) is 5.75 Å². The van der Waals surface area contributed by atoms with Crippen molar-refractivity contribution in [3.05, 3.63) is 65.2 Å². The van der Waals surface area contributed by atoms with Crippen LogP contribution in [0.5, 0.6) is 5.75 Å². The molecule has 2 aromatic rings. The summed E-state index contributed by atoms with van der Waals surface area (Å²) in [5.74, 6) is 1.41. The predicted octanol–water partition coefficient (Wildman–Crippen LogP) is 4.44. The van der Waals surface area contributed by atoms with Crippen molar-refractivity contribution in [2.75, 3.05) is 33.2 Å². The fraction of sp³-hybridized carbons (Fsp3) is 0.458. The van der Waals surface area contributed by atoms with E-state index in [1.54, 1.807) is 19.2 Å². The molecule has 176 valence electrons. The monoisotopic (exact) mass is 558 g/mol. The molecule has 1 atom stereocenters. The highest BCUT2D eigenvalue weighted by Crippen LogP contribution is 2.22. The van der Waals surface area contributed by atoms with Gasteiger partial charge < -0.3 is 20.3 Å². The van der Waals surface area contributed by atoms with Gasteiger partial charge in [0.25, 0.3) is 0 Å². The molecule has 0 spiro atoms. The van der Waals surface area contributed by atoms with Crippen molar-refractivity contribution in [2.45, 2.75) is 32.9 Å². The van der Waals surface area contributed by atoms with Crippen LogP contribution in [0.3, 0.4) is 0 Å². The number of likely N-dealkylation sites (tertiary alicyclic amines) is 1. The molecule has 1 heterocycles. The lowest BCUT2D eigenvalue weighted by Gasteiger charge is -2.18. The molecule has 1 fully saturated rings. The molecule has 5 nitrogen and oxygen atoms in total. The largest absolute Gasteiger partial charge is 0.434 e. The molecule has 0 amide bonds. The topological polar surface area (TPSA) is 48.9 Å². The minimum Gasteiger partial charge on any atom is -0.434 e. The highest BCUT2D eigenvalue weighted by Gasteiger charge is 2.22. The second-order valence-electron chi connectivity index (χ2n) is 7.99. The van der Waals surface area contributed by atoms with Crippen LogP contribution in [0.25, 0.3) is 0 Å². The molecule has 32 heavy (non-hydrogen) atoms. The first kappa shape index (κ1) is 26.3. The number of aliphatic imine (C=N–C) groups is 1. The van der Waals surface area contributed by atoms with E-state index in [0.29, 0.717) is 24.0 Å². The Morgan fingerprint density at radius 1 is 1.19 bits per heavy atom. The number of halogens is 3. The molecule has 2 N–H and O–H groups in total. The summed E-state index contributed by atoms with van der Waals surface area (Å²) in [5, 5.41) is 6.58. The van der Waals surface area contributed by atoms with Gasteiger partial charge in [0, 0.05) is 38.8 Å². The Kier molecular flexibility index (Phi) is 11.2. The number of nitrogens with zero attached hydrogens (tertiary/aromatic N) is 2. The van der Waals surface area contributed by atoms with Crippen LogP contribution in [0.1, 0.15) is 23.1 Å². The normalized spacial score (nSPS) is 16.7. The molecule has 2 aromatic carbocycles. The van der Waals surface area contributed by atoms with Gasteiger partial charge in [-0.2, -0.15) is 8.78 Å². The Balaban J connectivity index is 0.00000363. The van der Waals surface area contributed by atoms with Crippen molar-refractivity contribution in [1.29, 1.82) is 0 Å². The first-order valence-electron chi connectivity index (χ1n) is 10.8. The van der Waals surface area contributed by atoms with Gasteiger partial charge in [-0.3, -0.25) is 4.99 Å². The second-order valence-corrected chi connectivity index (χ2v) is 7.99. The molecule has 0 radical (unpaired) electrons. The maximum Gasteiger partial charge on any atom is 0.387 e. The van der Waals surface area contributed by atoms with Gasteiger partial charge in [0.2, 0.25) is 0 Å². The van der Waals surface area contributed by atoms with E-state index in [4.69, 9.17) is 0 Å². The van der Waals surface area contributed by atoms with E-state index in [9.17, 15) is 8.78 Å². The zero-order valence-electron chi connectivity index (χ0n) is 18.7. The van der Waals surface area contributed by atoms with Crippen molar-refractivity contribution >= 4 is 29.9 Å². The van der Waals surface area contributed by atoms with Crippen LogP contribution in [0.4, 0.5) is 8.78 Å². The van der Waals surface area contributed by atoms with E-state index in [2.05, 4.69) is 49.5 Å². The number of aryl methyl sites for hydroxylation is 1. The van der Waals surface area contributed by atoms with Crippen LogP contribution in [-0.2, 0) is 13.0 Å². The maximum absolute atomic E-state index is 12.7. The van der Waals surface area contributed by atoms with Crippen molar-refractivity contribution < 1.29 is 13.5 Å². The number of ether oxygens (including phenoxy) is 1. The summed E-state index contributed by atoms with van der Waals surface area (Å²) in [6, 6.07) is 15.8. The van der Waals surface area contributed by atoms with Gasteiger partial charge in [0.05, 0.1) is 0 Å². The van der Waals surface area contributed by atoms with Crippen LogP contribution in [0.15, 0.2) is 53.5 Å². The molecule has 1 saturated heterocycles. The molecule has 0 saturated carbocycles. The van der Waals surface area contributed by atoms with Gasteiger partial charge in [-0.25, -0.2) is 0 Å². The van der Waals surface area contributed by atoms with E-state index in [1.165, 1.54) is 5.56 Å². The Hall–Kier alpha value is -1.94. The number of rotatable bonds is 9. The molecule has 1 aliphatic heterocycles. The SMILES string of the molecule is CN=C(NCc1cc(C)ccc1OC(F)F)NCC1CCN(CCc2ccccc2)C1.I. The van der Waals surface area contributed by atoms with Crippen molar-refractivity contribution in [3.63, 3.8) is 0 Å². The molecule has 0 bridgehead atoms. The lowest BCUT2D eigenvalue weighted by atomic mass is 10.1. The third-order valence-corrected chi connectivity index (χ3v) is 5.59. The fourth-order valence-electron chi connectivity index (χ4n) is 3.91. The maximum atomic E-state index is 12.7. The molecule has 0 aliphatic carbocycles. The quantitative estimate of drug-likeness (QED) is 0.272. The van der Waals surface area contributed by atoms with Crippen LogP contribution in [0, 0.1) is 12.8 Å². The third kappa shape index (κ3) is 8.54. The van der Waals surface area contributed by atoms with E-state index < -0.39 is 6.61 Å². The van der Waals surface area contributed by atoms with Crippen LogP contribution in [0.2, 0.25) is 0 Å². The standard InChI is InChI=1S/C24H32F2N4O.HI/c1-18-8-9-22(31-23(25)26)21(14-18)16-29-24(27-2)28-15-20-11-13-30(17-20)12-10-19-6-4-3-5-7-19;/h3-9,14,20,23H,10-13,15-17H2,1-2H3,(H2,27,28,29);1H. The molecule has 1 aliphatic rings. The van der Waals surface area contributed by atoms with Crippen LogP contribution >= 0.6 is 24.0 Å². The molecular weight excluding hydrogens is 525 g/mol. The third-order valence-electron chi connectivity index (χ3n) is 5.59. The highest BCUT2D eigenvalue weighted by molar-refractivity contribution is 14.0. The molecule has 8 heteroatoms. The molecule has 1 unspecified atom stereocenters. The van der Waals surface area contributed by atoms with E-state index in [-0.39, 0.29) is 29.7 Å². The Bertz CT molecular complexity index is 851. The van der Waals surface area contributed by atoms with Crippen LogP contribution in [-0.4, -0.2) is 50.7 Å². The molecule has 3 rings (SSSR count). The predicted molar refractivity (Wildman–Crippen MR) is 136 cm³/mol. The van der Waals surface area contributed by atoms with E-state index in [0.717, 1.165) is 44.6 Å². The Morgan fingerprint density at radius 2 is 1.97 bits per heavy atom. The van der Waals surface area contributed by atoms with Gasteiger partial charge in [0.15, 0.2) is 5.96 Å². The lowest BCUT2D eigenvalue weighted by Crippen LogP contribution is -2.40. The fourth-order valence-corrected chi connectivity index (χ4v) is 3.91. The first-order valence-corrected chi connectivity index (χ1v) is 10.8. The zero-order chi connectivity index (χ0) is 22.1. The van der Waals surface area contributed by atoms with Crippen molar-refractivity contribution in [1.82, 2.24) is 15.5 Å². The van der Waals surface area contributed by atoms with Gasteiger partial charge in [-0.15, -0.1) is 24.0 Å². The highest BCUT2D eigenvalue weighted by atomic mass is 127. The zero-order valence-corrected chi connectivity index (χ0v) is 21.0. The number of hydrogen-bond acceptors (Lipinski definition) is 3. The van der Waals surface area contributed by atoms with E-state index in [1.807, 2.05) is 19.1 Å². The number of alkyl halides is 2. The summed E-state index contributed by atoms with van der Waals surface area (Å²) in [6.07, 6.45) is 2.23. The Morgan fingerprint density at radius 3 is 2.69 bits per heavy atom. The Labute approximate surface area is 206 Å². The van der Waals surface area contributed by atoms with Crippen molar-refractivity contribution in [2.24, 2.45) is 10.9 Å². The van der Waals surface area contributed by atoms with Crippen LogP contribution < -0.4 is 15.4 Å². The van der Waals surface area contributed by atoms with Gasteiger partial charge in [-0.05, 0) is 43.9 Å². The average molecular weight is 558 g/mol. The summed E-state index contributed by atoms with van der Waals surface area (Å²) in [4.78, 5) is 6.77. The summed E-state index contributed by atoms with van der Waals surface area (Å²) >= 11 is 0. The number of benzene rings is 2. The minimum absolute atomic E-state index is 0. The number of hydrogen-bond donors (Lipinski definition) is 2. The number of nitrogens with one attached hydrogen (secondary N) is 2. The van der Waals surface area contributed by atoms with E-state index >= 15 is 0 Å². The van der Waals surface area contributed by atoms with Gasteiger partial charge in [-0.1, -0.05) is 48.0 Å². The minimum atomic E-state index is -2.84. The summed E-state index contributed by atoms with van der Waals surface area (Å²) in [5.41, 5.74) is 3.04. The summed E-state index contributed by atoms with van der Waals surface area (Å²) < 4.78 is 30.0. The van der Waals surface area contributed by atoms with Gasteiger partial charge >= 0.3 is 6.61 Å².